The molecule has 1 aromatic carbocycles. The SMILES string of the molecule is C=CCN1C(=O)C(=Cc2c(C)nn(C)c2Oc2cccc(Cl)c2)C(=O)NC1=S. The number of aryl methyl sites for hydroxylation is 2. The van der Waals surface area contributed by atoms with Crippen molar-refractivity contribution < 1.29 is 14.3 Å². The van der Waals surface area contributed by atoms with Gasteiger partial charge in [0.15, 0.2) is 5.11 Å². The maximum atomic E-state index is 12.7. The number of carbonyl (C=O) groups is 2. The summed E-state index contributed by atoms with van der Waals surface area (Å²) in [5.41, 5.74) is 1.03. The van der Waals surface area contributed by atoms with Crippen molar-refractivity contribution in [1.82, 2.24) is 20.0 Å². The zero-order valence-electron chi connectivity index (χ0n) is 15.2. The fourth-order valence-electron chi connectivity index (χ4n) is 2.72. The summed E-state index contributed by atoms with van der Waals surface area (Å²) in [6.07, 6.45) is 2.99. The van der Waals surface area contributed by atoms with E-state index in [-0.39, 0.29) is 17.2 Å². The molecule has 1 aliphatic rings. The molecule has 1 aromatic heterocycles. The van der Waals surface area contributed by atoms with Crippen LogP contribution in [-0.2, 0) is 16.6 Å². The Kier molecular flexibility index (Phi) is 5.62. The van der Waals surface area contributed by atoms with E-state index >= 15 is 0 Å². The van der Waals surface area contributed by atoms with E-state index in [4.69, 9.17) is 28.6 Å². The number of benzene rings is 1. The molecule has 9 heteroatoms. The third-order valence-electron chi connectivity index (χ3n) is 4.01. The Balaban J connectivity index is 2.03. The first-order chi connectivity index (χ1) is 13.3. The Labute approximate surface area is 172 Å². The van der Waals surface area contributed by atoms with E-state index in [0.717, 1.165) is 0 Å². The summed E-state index contributed by atoms with van der Waals surface area (Å²) in [6.45, 7) is 5.55. The van der Waals surface area contributed by atoms with Crippen molar-refractivity contribution in [3.63, 3.8) is 0 Å². The van der Waals surface area contributed by atoms with E-state index in [2.05, 4.69) is 17.0 Å². The number of carbonyl (C=O) groups excluding carboxylic acids is 2. The monoisotopic (exact) mass is 416 g/mol. The summed E-state index contributed by atoms with van der Waals surface area (Å²) in [5.74, 6) is -0.210. The lowest BCUT2D eigenvalue weighted by Crippen LogP contribution is -2.53. The summed E-state index contributed by atoms with van der Waals surface area (Å²) in [5, 5.41) is 7.41. The van der Waals surface area contributed by atoms with Gasteiger partial charge in [-0.05, 0) is 43.4 Å². The summed E-state index contributed by atoms with van der Waals surface area (Å²) in [4.78, 5) is 26.4. The van der Waals surface area contributed by atoms with Crippen molar-refractivity contribution in [3.05, 3.63) is 58.8 Å². The molecule has 2 heterocycles. The van der Waals surface area contributed by atoms with Crippen LogP contribution >= 0.6 is 23.8 Å². The third-order valence-corrected chi connectivity index (χ3v) is 4.57. The predicted octanol–water partition coefficient (Wildman–Crippen LogP) is 2.99. The first-order valence-electron chi connectivity index (χ1n) is 8.28. The van der Waals surface area contributed by atoms with Crippen LogP contribution in [0.5, 0.6) is 11.6 Å². The molecule has 0 bridgehead atoms. The molecule has 0 aliphatic carbocycles. The predicted molar refractivity (Wildman–Crippen MR) is 110 cm³/mol. The maximum Gasteiger partial charge on any atom is 0.265 e. The second kappa shape index (κ2) is 7.95. The number of amides is 2. The average Bonchev–Trinajstić information content (AvgIpc) is 2.88. The first-order valence-corrected chi connectivity index (χ1v) is 9.07. The van der Waals surface area contributed by atoms with Gasteiger partial charge in [-0.3, -0.25) is 19.8 Å². The topological polar surface area (TPSA) is 76.5 Å². The Bertz CT molecular complexity index is 1030. The van der Waals surface area contributed by atoms with Gasteiger partial charge in [-0.25, -0.2) is 4.68 Å². The van der Waals surface area contributed by atoms with Gasteiger partial charge >= 0.3 is 0 Å². The lowest BCUT2D eigenvalue weighted by molar-refractivity contribution is -0.128. The van der Waals surface area contributed by atoms with Crippen LogP contribution in [0.3, 0.4) is 0 Å². The van der Waals surface area contributed by atoms with Crippen LogP contribution < -0.4 is 10.1 Å². The summed E-state index contributed by atoms with van der Waals surface area (Å²) in [6, 6.07) is 6.89. The number of halogens is 1. The highest BCUT2D eigenvalue weighted by Gasteiger charge is 2.33. The Morgan fingerprint density at radius 3 is 2.82 bits per heavy atom. The van der Waals surface area contributed by atoms with E-state index in [0.29, 0.717) is 27.9 Å². The van der Waals surface area contributed by atoms with Crippen LogP contribution in [0.25, 0.3) is 6.08 Å². The van der Waals surface area contributed by atoms with Gasteiger partial charge in [0.05, 0.1) is 11.3 Å². The maximum absolute atomic E-state index is 12.7. The van der Waals surface area contributed by atoms with Crippen LogP contribution in [0, 0.1) is 6.92 Å². The normalized spacial score (nSPS) is 15.8. The molecule has 0 spiro atoms. The second-order valence-corrected chi connectivity index (χ2v) is 6.83. The molecular weight excluding hydrogens is 400 g/mol. The minimum absolute atomic E-state index is 0.0466. The number of aromatic nitrogens is 2. The Hall–Kier alpha value is -2.97. The van der Waals surface area contributed by atoms with Gasteiger partial charge in [0.25, 0.3) is 11.8 Å². The molecule has 0 radical (unpaired) electrons. The third kappa shape index (κ3) is 3.83. The average molecular weight is 417 g/mol. The second-order valence-electron chi connectivity index (χ2n) is 6.01. The number of nitrogens with zero attached hydrogens (tertiary/aromatic N) is 3. The Morgan fingerprint density at radius 2 is 2.14 bits per heavy atom. The molecule has 2 aromatic rings. The van der Waals surface area contributed by atoms with Gasteiger partial charge in [0.2, 0.25) is 5.88 Å². The summed E-state index contributed by atoms with van der Waals surface area (Å²) >= 11 is 11.1. The highest BCUT2D eigenvalue weighted by molar-refractivity contribution is 7.80. The molecule has 1 aliphatic heterocycles. The minimum Gasteiger partial charge on any atom is -0.439 e. The number of ether oxygens (including phenoxy) is 1. The van der Waals surface area contributed by atoms with E-state index in [9.17, 15) is 9.59 Å². The summed E-state index contributed by atoms with van der Waals surface area (Å²) < 4.78 is 7.45. The fourth-order valence-corrected chi connectivity index (χ4v) is 3.15. The molecule has 7 nitrogen and oxygen atoms in total. The van der Waals surface area contributed by atoms with Crippen LogP contribution in [-0.4, -0.2) is 38.2 Å². The number of hydrogen-bond acceptors (Lipinski definition) is 5. The van der Waals surface area contributed by atoms with Crippen LogP contribution in [0.2, 0.25) is 5.02 Å². The van der Waals surface area contributed by atoms with Crippen molar-refractivity contribution in [2.45, 2.75) is 6.92 Å². The zero-order chi connectivity index (χ0) is 20.4. The molecule has 0 atom stereocenters. The van der Waals surface area contributed by atoms with E-state index < -0.39 is 11.8 Å². The lowest BCUT2D eigenvalue weighted by atomic mass is 10.1. The number of hydrogen-bond donors (Lipinski definition) is 1. The smallest absolute Gasteiger partial charge is 0.265 e. The molecule has 0 saturated carbocycles. The number of rotatable bonds is 5. The van der Waals surface area contributed by atoms with Crippen molar-refractivity contribution in [2.24, 2.45) is 7.05 Å². The quantitative estimate of drug-likeness (QED) is 0.351. The van der Waals surface area contributed by atoms with E-state index in [1.807, 2.05) is 0 Å². The van der Waals surface area contributed by atoms with Crippen molar-refractivity contribution >= 4 is 46.8 Å². The zero-order valence-corrected chi connectivity index (χ0v) is 16.8. The van der Waals surface area contributed by atoms with E-state index in [1.165, 1.54) is 21.7 Å². The highest BCUT2D eigenvalue weighted by atomic mass is 35.5. The molecule has 2 amide bonds. The lowest BCUT2D eigenvalue weighted by Gasteiger charge is -2.27. The number of nitrogens with one attached hydrogen (secondary N) is 1. The van der Waals surface area contributed by atoms with E-state index in [1.54, 1.807) is 38.2 Å². The molecule has 144 valence electrons. The van der Waals surface area contributed by atoms with Crippen LogP contribution in [0.15, 0.2) is 42.5 Å². The molecule has 0 unspecified atom stereocenters. The van der Waals surface area contributed by atoms with Crippen LogP contribution in [0.1, 0.15) is 11.3 Å². The first kappa shape index (κ1) is 19.8. The Morgan fingerprint density at radius 1 is 1.39 bits per heavy atom. The molecule has 3 rings (SSSR count). The molecule has 1 fully saturated rings. The van der Waals surface area contributed by atoms with Crippen molar-refractivity contribution in [3.8, 4) is 11.6 Å². The van der Waals surface area contributed by atoms with Gasteiger partial charge in [0, 0.05) is 18.6 Å². The van der Waals surface area contributed by atoms with Crippen molar-refractivity contribution in [1.29, 1.82) is 0 Å². The fraction of sp³-hybridized carbons (Fsp3) is 0.158. The van der Waals surface area contributed by atoms with Gasteiger partial charge in [-0.2, -0.15) is 5.10 Å². The highest BCUT2D eigenvalue weighted by Crippen LogP contribution is 2.31. The molecule has 1 saturated heterocycles. The van der Waals surface area contributed by atoms with Gasteiger partial charge < -0.3 is 4.74 Å². The van der Waals surface area contributed by atoms with Gasteiger partial charge in [0.1, 0.15) is 11.3 Å². The molecule has 1 N–H and O–H groups in total. The number of thiocarbonyl (C=S) groups is 1. The minimum atomic E-state index is -0.577. The standard InChI is InChI=1S/C19H17ClN4O3S/c1-4-8-24-17(26)15(16(25)21-19(24)28)10-14-11(2)22-23(3)18(14)27-13-7-5-6-12(20)9-13/h4-7,9-10H,1,8H2,2-3H3,(H,21,25,28). The van der Waals surface area contributed by atoms with Gasteiger partial charge in [-0.1, -0.05) is 23.7 Å². The molecular formula is C19H17ClN4O3S. The largest absolute Gasteiger partial charge is 0.439 e. The van der Waals surface area contributed by atoms with Crippen molar-refractivity contribution in [2.75, 3.05) is 6.54 Å². The summed E-state index contributed by atoms with van der Waals surface area (Å²) in [7, 11) is 1.71. The molecule has 28 heavy (non-hydrogen) atoms. The van der Waals surface area contributed by atoms with Gasteiger partial charge in [-0.15, -0.1) is 6.58 Å². The van der Waals surface area contributed by atoms with Crippen LogP contribution in [0.4, 0.5) is 0 Å².